The lowest BCUT2D eigenvalue weighted by atomic mass is 10.2. The quantitative estimate of drug-likeness (QED) is 0.791. The molecule has 0 aliphatic heterocycles. The van der Waals surface area contributed by atoms with Crippen molar-refractivity contribution in [2.45, 2.75) is 18.8 Å². The van der Waals surface area contributed by atoms with Gasteiger partial charge in [0.25, 0.3) is 0 Å². The van der Waals surface area contributed by atoms with E-state index in [9.17, 15) is 4.39 Å². The SMILES string of the molecule is N#Cc1ccc(-n2ccc(C3CC3)n2)c(F)c1. The van der Waals surface area contributed by atoms with E-state index in [1.54, 1.807) is 18.3 Å². The predicted molar refractivity (Wildman–Crippen MR) is 60.2 cm³/mol. The molecule has 0 unspecified atom stereocenters. The van der Waals surface area contributed by atoms with E-state index < -0.39 is 5.82 Å². The van der Waals surface area contributed by atoms with Gasteiger partial charge in [0, 0.05) is 12.1 Å². The van der Waals surface area contributed by atoms with Crippen LogP contribution in [0.15, 0.2) is 30.5 Å². The first kappa shape index (κ1) is 10.0. The molecule has 3 nitrogen and oxygen atoms in total. The van der Waals surface area contributed by atoms with Crippen molar-refractivity contribution in [3.8, 4) is 11.8 Å². The monoisotopic (exact) mass is 227 g/mol. The Morgan fingerprint density at radius 2 is 2.18 bits per heavy atom. The molecule has 1 aliphatic rings. The van der Waals surface area contributed by atoms with Gasteiger partial charge in [0.05, 0.1) is 17.3 Å². The second kappa shape index (κ2) is 3.70. The van der Waals surface area contributed by atoms with Crippen molar-refractivity contribution in [1.82, 2.24) is 9.78 Å². The van der Waals surface area contributed by atoms with Crippen LogP contribution in [0.3, 0.4) is 0 Å². The Hall–Kier alpha value is -2.15. The lowest BCUT2D eigenvalue weighted by molar-refractivity contribution is 0.609. The first-order valence-corrected chi connectivity index (χ1v) is 5.53. The smallest absolute Gasteiger partial charge is 0.150 e. The van der Waals surface area contributed by atoms with E-state index in [0.29, 0.717) is 17.2 Å². The summed E-state index contributed by atoms with van der Waals surface area (Å²) in [5.41, 5.74) is 1.73. The van der Waals surface area contributed by atoms with Crippen LogP contribution in [-0.2, 0) is 0 Å². The van der Waals surface area contributed by atoms with Crippen molar-refractivity contribution >= 4 is 0 Å². The molecule has 0 atom stereocenters. The molecule has 1 aliphatic carbocycles. The number of benzene rings is 1. The number of aromatic nitrogens is 2. The predicted octanol–water partition coefficient (Wildman–Crippen LogP) is 2.76. The van der Waals surface area contributed by atoms with Crippen LogP contribution in [0.4, 0.5) is 4.39 Å². The maximum absolute atomic E-state index is 13.7. The molecule has 2 aromatic rings. The summed E-state index contributed by atoms with van der Waals surface area (Å²) in [6.45, 7) is 0. The molecule has 1 fully saturated rings. The Bertz CT molecular complexity index is 605. The second-order valence-corrected chi connectivity index (χ2v) is 4.24. The highest BCUT2D eigenvalue weighted by molar-refractivity contribution is 5.40. The Morgan fingerprint density at radius 1 is 1.35 bits per heavy atom. The van der Waals surface area contributed by atoms with Crippen LogP contribution in [0.2, 0.25) is 0 Å². The number of nitrogens with zero attached hydrogens (tertiary/aromatic N) is 3. The third-order valence-corrected chi connectivity index (χ3v) is 2.93. The molecule has 0 spiro atoms. The van der Waals surface area contributed by atoms with Crippen LogP contribution in [0.25, 0.3) is 5.69 Å². The minimum atomic E-state index is -0.422. The van der Waals surface area contributed by atoms with Gasteiger partial charge in [0.15, 0.2) is 0 Å². The molecule has 1 saturated carbocycles. The fraction of sp³-hybridized carbons (Fsp3) is 0.231. The summed E-state index contributed by atoms with van der Waals surface area (Å²) in [7, 11) is 0. The summed E-state index contributed by atoms with van der Waals surface area (Å²) < 4.78 is 15.3. The van der Waals surface area contributed by atoms with Crippen LogP contribution in [0, 0.1) is 17.1 Å². The maximum Gasteiger partial charge on any atom is 0.150 e. The summed E-state index contributed by atoms with van der Waals surface area (Å²) in [6, 6.07) is 8.24. The zero-order valence-electron chi connectivity index (χ0n) is 9.10. The summed E-state index contributed by atoms with van der Waals surface area (Å²) in [6.07, 6.45) is 4.11. The fourth-order valence-corrected chi connectivity index (χ4v) is 1.83. The zero-order valence-corrected chi connectivity index (χ0v) is 9.10. The molecule has 1 heterocycles. The van der Waals surface area contributed by atoms with Crippen LogP contribution in [0.1, 0.15) is 30.0 Å². The van der Waals surface area contributed by atoms with Crippen molar-refractivity contribution in [3.63, 3.8) is 0 Å². The summed E-state index contributed by atoms with van der Waals surface area (Å²) >= 11 is 0. The van der Waals surface area contributed by atoms with Gasteiger partial charge in [-0.2, -0.15) is 10.4 Å². The summed E-state index contributed by atoms with van der Waals surface area (Å²) in [4.78, 5) is 0. The highest BCUT2D eigenvalue weighted by Crippen LogP contribution is 2.39. The molecule has 84 valence electrons. The fourth-order valence-electron chi connectivity index (χ4n) is 1.83. The summed E-state index contributed by atoms with van der Waals surface area (Å²) in [5, 5.41) is 13.0. The Morgan fingerprint density at radius 3 is 2.82 bits per heavy atom. The molecular formula is C13H10FN3. The van der Waals surface area contributed by atoms with Gasteiger partial charge in [-0.3, -0.25) is 0 Å². The number of rotatable bonds is 2. The van der Waals surface area contributed by atoms with Gasteiger partial charge in [0.2, 0.25) is 0 Å². The van der Waals surface area contributed by atoms with Crippen molar-refractivity contribution < 1.29 is 4.39 Å². The first-order chi connectivity index (χ1) is 8.28. The average molecular weight is 227 g/mol. The minimum Gasteiger partial charge on any atom is -0.238 e. The number of halogens is 1. The molecule has 1 aromatic carbocycles. The second-order valence-electron chi connectivity index (χ2n) is 4.24. The minimum absolute atomic E-state index is 0.320. The molecule has 0 saturated heterocycles. The topological polar surface area (TPSA) is 41.6 Å². The molecule has 0 bridgehead atoms. The van der Waals surface area contributed by atoms with E-state index in [4.69, 9.17) is 5.26 Å². The third kappa shape index (κ3) is 1.80. The van der Waals surface area contributed by atoms with Crippen LogP contribution in [-0.4, -0.2) is 9.78 Å². The molecular weight excluding hydrogens is 217 g/mol. The van der Waals surface area contributed by atoms with E-state index in [1.165, 1.54) is 23.6 Å². The van der Waals surface area contributed by atoms with Gasteiger partial charge < -0.3 is 0 Å². The highest BCUT2D eigenvalue weighted by Gasteiger charge is 2.26. The molecule has 0 amide bonds. The van der Waals surface area contributed by atoms with Gasteiger partial charge in [0.1, 0.15) is 11.5 Å². The molecule has 3 rings (SSSR count). The Labute approximate surface area is 98.1 Å². The van der Waals surface area contributed by atoms with Gasteiger partial charge in [-0.25, -0.2) is 9.07 Å². The van der Waals surface area contributed by atoms with Crippen LogP contribution in [0.5, 0.6) is 0 Å². The lowest BCUT2D eigenvalue weighted by Gasteiger charge is -2.03. The van der Waals surface area contributed by atoms with Gasteiger partial charge >= 0.3 is 0 Å². The largest absolute Gasteiger partial charge is 0.238 e. The lowest BCUT2D eigenvalue weighted by Crippen LogP contribution is -1.99. The molecule has 1 aromatic heterocycles. The van der Waals surface area contributed by atoms with Crippen molar-refractivity contribution in [2.75, 3.05) is 0 Å². The first-order valence-electron chi connectivity index (χ1n) is 5.53. The van der Waals surface area contributed by atoms with E-state index in [1.807, 2.05) is 12.1 Å². The number of nitriles is 1. The van der Waals surface area contributed by atoms with Gasteiger partial charge in [-0.05, 0) is 37.1 Å². The standard InChI is InChI=1S/C13H10FN3/c14-11-7-9(8-15)1-4-13(11)17-6-5-12(16-17)10-2-3-10/h1,4-7,10H,2-3H2. The number of hydrogen-bond donors (Lipinski definition) is 0. The molecule has 17 heavy (non-hydrogen) atoms. The average Bonchev–Trinajstić information content (AvgIpc) is 3.08. The molecule has 0 N–H and O–H groups in total. The van der Waals surface area contributed by atoms with E-state index in [-0.39, 0.29) is 0 Å². The van der Waals surface area contributed by atoms with Crippen molar-refractivity contribution in [1.29, 1.82) is 5.26 Å². The number of hydrogen-bond acceptors (Lipinski definition) is 2. The normalized spacial score (nSPS) is 14.6. The highest BCUT2D eigenvalue weighted by atomic mass is 19.1. The molecule has 0 radical (unpaired) electrons. The van der Waals surface area contributed by atoms with Crippen LogP contribution >= 0.6 is 0 Å². The Balaban J connectivity index is 1.99. The summed E-state index contributed by atoms with van der Waals surface area (Å²) in [5.74, 6) is 0.132. The van der Waals surface area contributed by atoms with Gasteiger partial charge in [-0.1, -0.05) is 0 Å². The maximum atomic E-state index is 13.7. The van der Waals surface area contributed by atoms with E-state index in [0.717, 1.165) is 5.69 Å². The van der Waals surface area contributed by atoms with Gasteiger partial charge in [-0.15, -0.1) is 0 Å². The van der Waals surface area contributed by atoms with E-state index in [2.05, 4.69) is 5.10 Å². The Kier molecular flexibility index (Phi) is 2.19. The van der Waals surface area contributed by atoms with Crippen molar-refractivity contribution in [3.05, 3.63) is 47.5 Å². The molecule has 4 heteroatoms. The zero-order chi connectivity index (χ0) is 11.8. The van der Waals surface area contributed by atoms with Crippen molar-refractivity contribution in [2.24, 2.45) is 0 Å². The van der Waals surface area contributed by atoms with E-state index >= 15 is 0 Å². The van der Waals surface area contributed by atoms with Crippen LogP contribution < -0.4 is 0 Å². The third-order valence-electron chi connectivity index (χ3n) is 2.93.